The Morgan fingerprint density at radius 1 is 1.53 bits per heavy atom. The number of rotatable bonds is 4. The molecule has 0 fully saturated rings. The molecule has 1 unspecified atom stereocenters. The number of benzene rings is 1. The molecule has 2 rings (SSSR count). The Kier molecular flexibility index (Phi) is 3.54. The van der Waals surface area contributed by atoms with Gasteiger partial charge in [0.25, 0.3) is 0 Å². The largest absolute Gasteiger partial charge is 0.419 e. The molecule has 0 aliphatic carbocycles. The molecule has 0 bridgehead atoms. The number of halogens is 1. The molecule has 0 aliphatic heterocycles. The Morgan fingerprint density at radius 2 is 2.29 bits per heavy atom. The van der Waals surface area contributed by atoms with Crippen LogP contribution >= 0.6 is 11.6 Å². The smallest absolute Gasteiger partial charge is 0.408 e. The van der Waals surface area contributed by atoms with Crippen LogP contribution in [0.4, 0.5) is 0 Å². The molecule has 0 saturated carbocycles. The highest BCUT2D eigenvalue weighted by Gasteiger charge is 2.12. The predicted molar refractivity (Wildman–Crippen MR) is 68.6 cm³/mol. The Morgan fingerprint density at radius 3 is 2.94 bits per heavy atom. The van der Waals surface area contributed by atoms with Gasteiger partial charge in [0.1, 0.15) is 0 Å². The van der Waals surface area contributed by atoms with E-state index in [9.17, 15) is 4.79 Å². The summed E-state index contributed by atoms with van der Waals surface area (Å²) in [6, 6.07) is 5.96. The van der Waals surface area contributed by atoms with Gasteiger partial charge >= 0.3 is 5.76 Å². The third-order valence-electron chi connectivity index (χ3n) is 2.96. The maximum atomic E-state index is 11.4. The van der Waals surface area contributed by atoms with Gasteiger partial charge in [-0.05, 0) is 31.2 Å². The third kappa shape index (κ3) is 2.23. The molecule has 0 spiro atoms. The number of nitrogens with one attached hydrogen (secondary N) is 1. The number of alkyl halides is 1. The lowest BCUT2D eigenvalue weighted by molar-refractivity contribution is 0.526. The van der Waals surface area contributed by atoms with E-state index in [-0.39, 0.29) is 11.8 Å². The van der Waals surface area contributed by atoms with Gasteiger partial charge in [-0.3, -0.25) is 4.57 Å². The van der Waals surface area contributed by atoms with E-state index in [0.29, 0.717) is 11.5 Å². The number of nitrogens with zero attached hydrogens (tertiary/aromatic N) is 1. The lowest BCUT2D eigenvalue weighted by atomic mass is 10.0. The van der Waals surface area contributed by atoms with Crippen LogP contribution in [0.25, 0.3) is 11.1 Å². The molecule has 1 atom stereocenters. The van der Waals surface area contributed by atoms with Crippen molar-refractivity contribution in [1.82, 2.24) is 9.88 Å². The van der Waals surface area contributed by atoms with E-state index in [4.69, 9.17) is 16.0 Å². The molecule has 1 N–H and O–H groups in total. The first-order valence-electron chi connectivity index (χ1n) is 5.50. The minimum atomic E-state index is -0.337. The quantitative estimate of drug-likeness (QED) is 0.850. The summed E-state index contributed by atoms with van der Waals surface area (Å²) < 4.78 is 6.65. The Balaban J connectivity index is 2.47. The van der Waals surface area contributed by atoms with Gasteiger partial charge in [-0.2, -0.15) is 0 Å². The first-order valence-corrected chi connectivity index (χ1v) is 6.03. The van der Waals surface area contributed by atoms with Crippen LogP contribution in [0.1, 0.15) is 18.0 Å². The fourth-order valence-electron chi connectivity index (χ4n) is 1.95. The van der Waals surface area contributed by atoms with Gasteiger partial charge in [0, 0.05) is 19.0 Å². The molecule has 1 aromatic carbocycles. The standard InChI is InChI=1S/C12H15ClN2O2/c1-14-9(5-6-13)8-3-4-10-11(7-8)17-12(16)15(10)2/h3-4,7,9,14H,5-6H2,1-2H3. The zero-order chi connectivity index (χ0) is 12.4. The fourth-order valence-corrected chi connectivity index (χ4v) is 2.17. The van der Waals surface area contributed by atoms with Crippen molar-refractivity contribution in [2.45, 2.75) is 12.5 Å². The van der Waals surface area contributed by atoms with Gasteiger partial charge in [0.2, 0.25) is 0 Å². The molecule has 0 amide bonds. The fraction of sp³-hybridized carbons (Fsp3) is 0.417. The lowest BCUT2D eigenvalue weighted by Crippen LogP contribution is -2.16. The second kappa shape index (κ2) is 4.94. The summed E-state index contributed by atoms with van der Waals surface area (Å²) in [5, 5.41) is 3.19. The highest BCUT2D eigenvalue weighted by molar-refractivity contribution is 6.17. The number of hydrogen-bond acceptors (Lipinski definition) is 3. The van der Waals surface area contributed by atoms with Crippen molar-refractivity contribution in [2.75, 3.05) is 12.9 Å². The van der Waals surface area contributed by atoms with Crippen molar-refractivity contribution in [3.05, 3.63) is 34.3 Å². The van der Waals surface area contributed by atoms with Crippen molar-refractivity contribution in [2.24, 2.45) is 7.05 Å². The number of aryl methyl sites for hydroxylation is 1. The molecule has 17 heavy (non-hydrogen) atoms. The van der Waals surface area contributed by atoms with Crippen LogP contribution in [0.3, 0.4) is 0 Å². The van der Waals surface area contributed by atoms with Crippen LogP contribution in [0.5, 0.6) is 0 Å². The summed E-state index contributed by atoms with van der Waals surface area (Å²) in [6.45, 7) is 0. The lowest BCUT2D eigenvalue weighted by Gasteiger charge is -2.14. The van der Waals surface area contributed by atoms with Crippen LogP contribution in [0.15, 0.2) is 27.4 Å². The van der Waals surface area contributed by atoms with Crippen molar-refractivity contribution < 1.29 is 4.42 Å². The second-order valence-electron chi connectivity index (χ2n) is 3.97. The Bertz CT molecular complexity index is 573. The second-order valence-corrected chi connectivity index (χ2v) is 4.35. The molecule has 0 saturated heterocycles. The number of fused-ring (bicyclic) bond motifs is 1. The molecular weight excluding hydrogens is 240 g/mol. The van der Waals surface area contributed by atoms with Crippen LogP contribution < -0.4 is 11.1 Å². The summed E-state index contributed by atoms with van der Waals surface area (Å²) in [7, 11) is 3.59. The molecule has 1 heterocycles. The van der Waals surface area contributed by atoms with Crippen LogP contribution in [-0.4, -0.2) is 17.5 Å². The summed E-state index contributed by atoms with van der Waals surface area (Å²) in [5.41, 5.74) is 2.50. The number of aromatic nitrogens is 1. The van der Waals surface area contributed by atoms with Crippen LogP contribution in [0, 0.1) is 0 Å². The molecular formula is C12H15ClN2O2. The highest BCUT2D eigenvalue weighted by Crippen LogP contribution is 2.21. The molecule has 1 aromatic heterocycles. The van der Waals surface area contributed by atoms with E-state index < -0.39 is 0 Å². The topological polar surface area (TPSA) is 47.2 Å². The number of oxazole rings is 1. The molecule has 4 nitrogen and oxygen atoms in total. The van der Waals surface area contributed by atoms with Gasteiger partial charge < -0.3 is 9.73 Å². The summed E-state index contributed by atoms with van der Waals surface area (Å²) >= 11 is 5.75. The van der Waals surface area contributed by atoms with Gasteiger partial charge in [0.05, 0.1) is 5.52 Å². The Labute approximate surface area is 104 Å². The van der Waals surface area contributed by atoms with Crippen molar-refractivity contribution >= 4 is 22.7 Å². The molecule has 0 aliphatic rings. The SMILES string of the molecule is CNC(CCCl)c1ccc2c(c1)oc(=O)n2C. The van der Waals surface area contributed by atoms with Crippen molar-refractivity contribution in [3.63, 3.8) is 0 Å². The summed E-state index contributed by atoms with van der Waals surface area (Å²) in [6.07, 6.45) is 0.834. The van der Waals surface area contributed by atoms with Gasteiger partial charge in [-0.15, -0.1) is 11.6 Å². The highest BCUT2D eigenvalue weighted by atomic mass is 35.5. The van der Waals surface area contributed by atoms with E-state index in [1.54, 1.807) is 7.05 Å². The predicted octanol–water partition coefficient (Wildman–Crippen LogP) is 2.02. The summed E-state index contributed by atoms with van der Waals surface area (Å²) in [5.74, 6) is 0.248. The zero-order valence-electron chi connectivity index (χ0n) is 9.87. The normalized spacial score (nSPS) is 13.1. The van der Waals surface area contributed by atoms with E-state index in [1.807, 2.05) is 25.2 Å². The van der Waals surface area contributed by atoms with E-state index in [1.165, 1.54) is 4.57 Å². The maximum absolute atomic E-state index is 11.4. The third-order valence-corrected chi connectivity index (χ3v) is 3.18. The average molecular weight is 255 g/mol. The maximum Gasteiger partial charge on any atom is 0.419 e. The summed E-state index contributed by atoms with van der Waals surface area (Å²) in [4.78, 5) is 11.4. The van der Waals surface area contributed by atoms with Gasteiger partial charge in [-0.25, -0.2) is 4.79 Å². The van der Waals surface area contributed by atoms with E-state index >= 15 is 0 Å². The molecule has 0 radical (unpaired) electrons. The monoisotopic (exact) mass is 254 g/mol. The molecule has 2 aromatic rings. The minimum Gasteiger partial charge on any atom is -0.408 e. The molecule has 5 heteroatoms. The number of hydrogen-bond donors (Lipinski definition) is 1. The van der Waals surface area contributed by atoms with Crippen LogP contribution in [0.2, 0.25) is 0 Å². The Hall–Kier alpha value is -1.26. The zero-order valence-corrected chi connectivity index (χ0v) is 10.6. The van der Waals surface area contributed by atoms with Crippen LogP contribution in [-0.2, 0) is 7.05 Å². The first-order chi connectivity index (χ1) is 8.17. The van der Waals surface area contributed by atoms with Gasteiger partial charge in [0.15, 0.2) is 5.58 Å². The van der Waals surface area contributed by atoms with Crippen molar-refractivity contribution in [3.8, 4) is 0 Å². The minimum absolute atomic E-state index is 0.183. The van der Waals surface area contributed by atoms with E-state index in [2.05, 4.69) is 5.32 Å². The van der Waals surface area contributed by atoms with Gasteiger partial charge in [-0.1, -0.05) is 6.07 Å². The van der Waals surface area contributed by atoms with Crippen molar-refractivity contribution in [1.29, 1.82) is 0 Å². The molecule has 92 valence electrons. The first kappa shape index (κ1) is 12.2. The van der Waals surface area contributed by atoms with E-state index in [0.717, 1.165) is 17.5 Å². The average Bonchev–Trinajstić information content (AvgIpc) is 2.61.